The molecule has 1 amide bonds. The van der Waals surface area contributed by atoms with Crippen molar-refractivity contribution >= 4 is 5.91 Å². The van der Waals surface area contributed by atoms with Gasteiger partial charge < -0.3 is 15.0 Å². The molecule has 0 spiro atoms. The molecule has 156 valence electrons. The van der Waals surface area contributed by atoms with E-state index in [9.17, 15) is 9.59 Å². The van der Waals surface area contributed by atoms with Crippen molar-refractivity contribution in [3.8, 4) is 16.9 Å². The molecule has 5 heteroatoms. The fraction of sp³-hybridized carbons (Fsp3) is 0.280. The molecule has 0 radical (unpaired) electrons. The van der Waals surface area contributed by atoms with Crippen molar-refractivity contribution < 1.29 is 9.53 Å². The molecule has 0 saturated heterocycles. The Bertz CT molecular complexity index is 1110. The number of rotatable bonds is 5. The smallest absolute Gasteiger partial charge is 0.255 e. The maximum Gasteiger partial charge on any atom is 0.255 e. The van der Waals surface area contributed by atoms with E-state index in [-0.39, 0.29) is 23.4 Å². The van der Waals surface area contributed by atoms with Gasteiger partial charge in [-0.05, 0) is 59.9 Å². The van der Waals surface area contributed by atoms with E-state index >= 15 is 0 Å². The minimum atomic E-state index is -0.175. The topological polar surface area (TPSA) is 71.2 Å². The number of amides is 1. The minimum absolute atomic E-state index is 0.165. The number of aromatic nitrogens is 1. The number of benzene rings is 2. The van der Waals surface area contributed by atoms with Gasteiger partial charge in [0.1, 0.15) is 5.75 Å². The van der Waals surface area contributed by atoms with Crippen LogP contribution < -0.4 is 15.6 Å². The van der Waals surface area contributed by atoms with Gasteiger partial charge in [0.15, 0.2) is 0 Å². The number of hydrogen-bond donors (Lipinski definition) is 2. The number of H-pyrrole nitrogens is 1. The third-order valence-electron chi connectivity index (χ3n) is 5.09. The second kappa shape index (κ2) is 8.57. The van der Waals surface area contributed by atoms with Gasteiger partial charge in [0, 0.05) is 29.4 Å². The molecule has 0 unspecified atom stereocenters. The monoisotopic (exact) mass is 404 g/mol. The van der Waals surface area contributed by atoms with Gasteiger partial charge in [0.2, 0.25) is 0 Å². The second-order valence-electron chi connectivity index (χ2n) is 8.42. The highest BCUT2D eigenvalue weighted by molar-refractivity contribution is 5.94. The first-order chi connectivity index (χ1) is 14.2. The van der Waals surface area contributed by atoms with Crippen LogP contribution in [0.4, 0.5) is 0 Å². The summed E-state index contributed by atoms with van der Waals surface area (Å²) >= 11 is 0. The minimum Gasteiger partial charge on any atom is -0.496 e. The van der Waals surface area contributed by atoms with Crippen LogP contribution in [0.5, 0.6) is 5.75 Å². The Labute approximate surface area is 177 Å². The van der Waals surface area contributed by atoms with Crippen LogP contribution in [0.25, 0.3) is 11.1 Å². The Morgan fingerprint density at radius 1 is 1.07 bits per heavy atom. The van der Waals surface area contributed by atoms with Gasteiger partial charge >= 0.3 is 0 Å². The van der Waals surface area contributed by atoms with E-state index in [0.29, 0.717) is 11.1 Å². The number of carbonyl (C=O) groups is 1. The first-order valence-electron chi connectivity index (χ1n) is 9.95. The highest BCUT2D eigenvalue weighted by Crippen LogP contribution is 2.36. The molecular weight excluding hydrogens is 376 g/mol. The van der Waals surface area contributed by atoms with Crippen LogP contribution in [0.2, 0.25) is 0 Å². The predicted octanol–water partition coefficient (Wildman–Crippen LogP) is 4.59. The van der Waals surface area contributed by atoms with Crippen LogP contribution in [0, 0.1) is 6.92 Å². The third kappa shape index (κ3) is 4.62. The van der Waals surface area contributed by atoms with E-state index in [1.807, 2.05) is 31.2 Å². The molecule has 0 aliphatic carbocycles. The zero-order chi connectivity index (χ0) is 21.9. The summed E-state index contributed by atoms with van der Waals surface area (Å²) in [4.78, 5) is 27.9. The first-order valence-corrected chi connectivity index (χ1v) is 9.95. The second-order valence-corrected chi connectivity index (χ2v) is 8.42. The Morgan fingerprint density at radius 2 is 1.77 bits per heavy atom. The molecule has 1 heterocycles. The Morgan fingerprint density at radius 3 is 2.37 bits per heavy atom. The van der Waals surface area contributed by atoms with E-state index in [1.165, 1.54) is 0 Å². The van der Waals surface area contributed by atoms with Gasteiger partial charge in [-0.3, -0.25) is 9.59 Å². The molecule has 0 fully saturated rings. The molecule has 0 atom stereocenters. The molecule has 0 saturated carbocycles. The maximum absolute atomic E-state index is 12.6. The zero-order valence-electron chi connectivity index (χ0n) is 18.1. The quantitative estimate of drug-likeness (QED) is 0.654. The lowest BCUT2D eigenvalue weighted by atomic mass is 9.83. The summed E-state index contributed by atoms with van der Waals surface area (Å²) in [6.45, 7) is 8.56. The molecule has 0 aliphatic heterocycles. The zero-order valence-corrected chi connectivity index (χ0v) is 18.1. The normalized spacial score (nSPS) is 11.2. The molecule has 2 aromatic carbocycles. The summed E-state index contributed by atoms with van der Waals surface area (Å²) in [5, 5.41) is 2.97. The molecule has 2 N–H and O–H groups in total. The maximum atomic E-state index is 12.6. The van der Waals surface area contributed by atoms with Crippen LogP contribution >= 0.6 is 0 Å². The van der Waals surface area contributed by atoms with E-state index in [1.54, 1.807) is 37.6 Å². The predicted molar refractivity (Wildman–Crippen MR) is 120 cm³/mol. The number of carbonyl (C=O) groups excluding carboxylic acids is 1. The van der Waals surface area contributed by atoms with Crippen LogP contribution in [-0.2, 0) is 12.0 Å². The van der Waals surface area contributed by atoms with Crippen LogP contribution in [0.15, 0.2) is 59.5 Å². The van der Waals surface area contributed by atoms with E-state index < -0.39 is 0 Å². The summed E-state index contributed by atoms with van der Waals surface area (Å²) in [5.41, 5.74) is 4.50. The molecule has 3 aromatic rings. The Balaban J connectivity index is 2.03. The van der Waals surface area contributed by atoms with Crippen molar-refractivity contribution in [2.75, 3.05) is 7.11 Å². The SMILES string of the molecule is COc1cc(CNC(=O)c2ccc(C)cc2)c(-c2ccc[nH]c2=O)cc1C(C)(C)C. The average molecular weight is 405 g/mol. The van der Waals surface area contributed by atoms with Crippen molar-refractivity contribution in [3.05, 3.63) is 87.3 Å². The Hall–Kier alpha value is -3.34. The van der Waals surface area contributed by atoms with Gasteiger partial charge in [0.25, 0.3) is 11.5 Å². The number of hydrogen-bond acceptors (Lipinski definition) is 3. The summed E-state index contributed by atoms with van der Waals surface area (Å²) in [7, 11) is 1.63. The highest BCUT2D eigenvalue weighted by Gasteiger charge is 2.23. The van der Waals surface area contributed by atoms with Gasteiger partial charge in [-0.1, -0.05) is 38.5 Å². The summed E-state index contributed by atoms with van der Waals surface area (Å²) in [6, 6.07) is 14.9. The highest BCUT2D eigenvalue weighted by atomic mass is 16.5. The fourth-order valence-electron chi connectivity index (χ4n) is 3.39. The van der Waals surface area contributed by atoms with Crippen LogP contribution in [0.1, 0.15) is 47.8 Å². The van der Waals surface area contributed by atoms with Crippen molar-refractivity contribution in [1.82, 2.24) is 10.3 Å². The number of nitrogens with one attached hydrogen (secondary N) is 2. The van der Waals surface area contributed by atoms with E-state index in [4.69, 9.17) is 4.74 Å². The number of aryl methyl sites for hydroxylation is 1. The molecule has 0 bridgehead atoms. The molecule has 5 nitrogen and oxygen atoms in total. The van der Waals surface area contributed by atoms with Gasteiger partial charge in [-0.15, -0.1) is 0 Å². The van der Waals surface area contributed by atoms with Gasteiger partial charge in [-0.25, -0.2) is 0 Å². The van der Waals surface area contributed by atoms with Crippen LogP contribution in [-0.4, -0.2) is 18.0 Å². The third-order valence-corrected chi connectivity index (χ3v) is 5.09. The molecule has 30 heavy (non-hydrogen) atoms. The lowest BCUT2D eigenvalue weighted by Gasteiger charge is -2.24. The van der Waals surface area contributed by atoms with Gasteiger partial charge in [-0.2, -0.15) is 0 Å². The van der Waals surface area contributed by atoms with Crippen molar-refractivity contribution in [2.24, 2.45) is 0 Å². The van der Waals surface area contributed by atoms with E-state index in [2.05, 4.69) is 31.1 Å². The molecule has 3 rings (SSSR count). The number of ether oxygens (including phenoxy) is 1. The number of methoxy groups -OCH3 is 1. The lowest BCUT2D eigenvalue weighted by molar-refractivity contribution is 0.0951. The molecule has 1 aromatic heterocycles. The molecular formula is C25H28N2O3. The average Bonchev–Trinajstić information content (AvgIpc) is 2.71. The fourth-order valence-corrected chi connectivity index (χ4v) is 3.39. The van der Waals surface area contributed by atoms with Crippen LogP contribution in [0.3, 0.4) is 0 Å². The van der Waals surface area contributed by atoms with E-state index in [0.717, 1.165) is 28.0 Å². The summed E-state index contributed by atoms with van der Waals surface area (Å²) in [6.07, 6.45) is 1.61. The van der Waals surface area contributed by atoms with Crippen molar-refractivity contribution in [1.29, 1.82) is 0 Å². The standard InChI is InChI=1S/C25H28N2O3/c1-16-8-10-17(11-9-16)23(28)27-15-18-13-22(30-5)21(25(2,3)4)14-20(18)19-7-6-12-26-24(19)29/h6-14H,15H2,1-5H3,(H,26,29)(H,27,28). The lowest BCUT2D eigenvalue weighted by Crippen LogP contribution is -2.24. The first kappa shape index (κ1) is 21.4. The number of pyridine rings is 1. The van der Waals surface area contributed by atoms with Gasteiger partial charge in [0.05, 0.1) is 7.11 Å². The van der Waals surface area contributed by atoms with Crippen molar-refractivity contribution in [2.45, 2.75) is 39.7 Å². The Kier molecular flexibility index (Phi) is 6.11. The summed E-state index contributed by atoms with van der Waals surface area (Å²) < 4.78 is 5.64. The largest absolute Gasteiger partial charge is 0.496 e. The molecule has 0 aliphatic rings. The summed E-state index contributed by atoms with van der Waals surface area (Å²) in [5.74, 6) is 0.569. The van der Waals surface area contributed by atoms with Crippen molar-refractivity contribution in [3.63, 3.8) is 0 Å². The number of aromatic amines is 1.